The average Bonchev–Trinajstić information content (AvgIpc) is 2.65. The van der Waals surface area contributed by atoms with Gasteiger partial charge in [-0.3, -0.25) is 9.59 Å². The van der Waals surface area contributed by atoms with Gasteiger partial charge in [0.25, 0.3) is 11.8 Å². The van der Waals surface area contributed by atoms with E-state index in [2.05, 4.69) is 26.5 Å². The van der Waals surface area contributed by atoms with E-state index in [0.717, 1.165) is 4.47 Å². The Morgan fingerprint density at radius 3 is 2.54 bits per heavy atom. The van der Waals surface area contributed by atoms with Crippen molar-refractivity contribution in [2.45, 2.75) is 0 Å². The molecule has 1 heterocycles. The predicted octanol–water partition coefficient (Wildman–Crippen LogP) is 2.55. The first-order valence-corrected chi connectivity index (χ1v) is 8.28. The number of hydrogen-bond donors (Lipinski definition) is 2. The molecule has 0 saturated heterocycles. The molecule has 132 valence electrons. The van der Waals surface area contributed by atoms with E-state index in [0.29, 0.717) is 22.3 Å². The first kappa shape index (κ1) is 17.7. The van der Waals surface area contributed by atoms with Crippen LogP contribution in [0.2, 0.25) is 0 Å². The number of halogens is 1. The summed E-state index contributed by atoms with van der Waals surface area (Å²) in [6.07, 6.45) is 0. The topological polar surface area (TPSA) is 107 Å². The maximum atomic E-state index is 12.2. The average molecular weight is 416 g/mol. The minimum absolute atomic E-state index is 0.0434. The number of nitrogens with two attached hydrogens (primary N) is 1. The first-order chi connectivity index (χ1) is 12.5. The molecule has 2 aromatic carbocycles. The number of methoxy groups -OCH3 is 1. The van der Waals surface area contributed by atoms with E-state index in [9.17, 15) is 9.59 Å². The Hall–Kier alpha value is -3.13. The second-order valence-corrected chi connectivity index (χ2v) is 6.21. The van der Waals surface area contributed by atoms with Gasteiger partial charge in [0.15, 0.2) is 0 Å². The van der Waals surface area contributed by atoms with Crippen molar-refractivity contribution in [1.29, 1.82) is 0 Å². The van der Waals surface area contributed by atoms with Crippen molar-refractivity contribution in [3.05, 3.63) is 69.7 Å². The Bertz CT molecular complexity index is 1060. The van der Waals surface area contributed by atoms with Crippen LogP contribution in [-0.2, 0) is 0 Å². The summed E-state index contributed by atoms with van der Waals surface area (Å²) in [5.74, 6) is -0.565. The summed E-state index contributed by atoms with van der Waals surface area (Å²) in [7, 11) is 1.54. The van der Waals surface area contributed by atoms with Crippen LogP contribution in [0.15, 0.2) is 62.5 Å². The molecule has 0 radical (unpaired) electrons. The normalized spacial score (nSPS) is 11.4. The van der Waals surface area contributed by atoms with Crippen molar-refractivity contribution in [3.8, 4) is 5.75 Å². The summed E-state index contributed by atoms with van der Waals surface area (Å²) in [4.78, 5) is 23.9. The van der Waals surface area contributed by atoms with Gasteiger partial charge in [-0.25, -0.2) is 5.43 Å². The molecule has 2 amide bonds. The van der Waals surface area contributed by atoms with Gasteiger partial charge in [0.05, 0.1) is 7.11 Å². The van der Waals surface area contributed by atoms with Crippen LogP contribution < -0.4 is 21.5 Å². The highest BCUT2D eigenvalue weighted by Crippen LogP contribution is 2.20. The van der Waals surface area contributed by atoms with E-state index < -0.39 is 11.8 Å². The number of ether oxygens (including phenoxy) is 1. The smallest absolute Gasteiger partial charge is 0.271 e. The maximum absolute atomic E-state index is 12.2. The molecule has 0 bridgehead atoms. The predicted molar refractivity (Wildman–Crippen MR) is 98.5 cm³/mol. The summed E-state index contributed by atoms with van der Waals surface area (Å²) in [5.41, 5.74) is 8.60. The van der Waals surface area contributed by atoms with Crippen LogP contribution in [0.5, 0.6) is 5.75 Å². The minimum Gasteiger partial charge on any atom is -0.497 e. The zero-order valence-corrected chi connectivity index (χ0v) is 15.2. The molecular formula is C18H14BrN3O4. The van der Waals surface area contributed by atoms with Crippen molar-refractivity contribution in [2.24, 2.45) is 10.8 Å². The second-order valence-electron chi connectivity index (χ2n) is 5.29. The molecule has 0 unspecified atom stereocenters. The molecule has 3 rings (SSSR count). The van der Waals surface area contributed by atoms with Crippen molar-refractivity contribution in [3.63, 3.8) is 0 Å². The SMILES string of the molecule is COc1ccc2o/c(=N\NC(=O)c3ccc(Br)cc3)c(C(N)=O)cc2c1. The van der Waals surface area contributed by atoms with E-state index >= 15 is 0 Å². The molecule has 0 aliphatic rings. The lowest BCUT2D eigenvalue weighted by Crippen LogP contribution is -2.27. The quantitative estimate of drug-likeness (QED) is 0.638. The van der Waals surface area contributed by atoms with Gasteiger partial charge < -0.3 is 14.9 Å². The number of benzene rings is 2. The van der Waals surface area contributed by atoms with Gasteiger partial charge in [-0.1, -0.05) is 15.9 Å². The molecule has 8 heteroatoms. The zero-order valence-electron chi connectivity index (χ0n) is 13.7. The number of carbonyl (C=O) groups excluding carboxylic acids is 2. The third-order valence-corrected chi connectivity index (χ3v) is 4.11. The van der Waals surface area contributed by atoms with Gasteiger partial charge in [0.1, 0.15) is 16.9 Å². The summed E-state index contributed by atoms with van der Waals surface area (Å²) >= 11 is 3.30. The van der Waals surface area contributed by atoms with E-state index in [1.165, 1.54) is 13.2 Å². The minimum atomic E-state index is -0.727. The monoisotopic (exact) mass is 415 g/mol. The van der Waals surface area contributed by atoms with Crippen molar-refractivity contribution < 1.29 is 18.7 Å². The highest BCUT2D eigenvalue weighted by atomic mass is 79.9. The van der Waals surface area contributed by atoms with E-state index in [4.69, 9.17) is 14.9 Å². The molecule has 1 aromatic heterocycles. The van der Waals surface area contributed by atoms with Gasteiger partial charge in [0, 0.05) is 15.4 Å². The summed E-state index contributed by atoms with van der Waals surface area (Å²) < 4.78 is 11.6. The Labute approximate surface area is 156 Å². The van der Waals surface area contributed by atoms with Crippen LogP contribution in [-0.4, -0.2) is 18.9 Å². The van der Waals surface area contributed by atoms with Crippen LogP contribution in [0.3, 0.4) is 0 Å². The fourth-order valence-corrected chi connectivity index (χ4v) is 2.53. The lowest BCUT2D eigenvalue weighted by molar-refractivity contribution is 0.0946. The van der Waals surface area contributed by atoms with Crippen LogP contribution in [0.25, 0.3) is 11.0 Å². The van der Waals surface area contributed by atoms with E-state index in [-0.39, 0.29) is 11.1 Å². The Balaban J connectivity index is 2.00. The molecule has 0 aliphatic carbocycles. The molecule has 0 fully saturated rings. The van der Waals surface area contributed by atoms with Crippen LogP contribution >= 0.6 is 15.9 Å². The van der Waals surface area contributed by atoms with Crippen LogP contribution in [0.1, 0.15) is 20.7 Å². The Morgan fingerprint density at radius 2 is 1.88 bits per heavy atom. The molecule has 0 aliphatic heterocycles. The van der Waals surface area contributed by atoms with Crippen molar-refractivity contribution >= 4 is 38.7 Å². The molecule has 0 atom stereocenters. The van der Waals surface area contributed by atoms with Crippen LogP contribution in [0.4, 0.5) is 0 Å². The molecule has 3 aromatic rings. The van der Waals surface area contributed by atoms with Crippen LogP contribution in [0, 0.1) is 0 Å². The first-order valence-electron chi connectivity index (χ1n) is 7.49. The van der Waals surface area contributed by atoms with Gasteiger partial charge >= 0.3 is 0 Å². The van der Waals surface area contributed by atoms with Gasteiger partial charge in [0.2, 0.25) is 5.55 Å². The molecule has 3 N–H and O–H groups in total. The molecule has 26 heavy (non-hydrogen) atoms. The number of primary amides is 1. The number of nitrogens with one attached hydrogen (secondary N) is 1. The van der Waals surface area contributed by atoms with Crippen molar-refractivity contribution in [2.75, 3.05) is 7.11 Å². The largest absolute Gasteiger partial charge is 0.497 e. The number of nitrogens with zero attached hydrogens (tertiary/aromatic N) is 1. The van der Waals surface area contributed by atoms with Gasteiger partial charge in [-0.05, 0) is 48.5 Å². The third-order valence-electron chi connectivity index (χ3n) is 3.58. The standard InChI is InChI=1S/C18H14BrN3O4/c1-25-13-6-7-15-11(8-13)9-14(16(20)23)18(26-15)22-21-17(24)10-2-4-12(19)5-3-10/h2-9H,1H3,(H2,20,23)(H,21,24)/b22-18-. The van der Waals surface area contributed by atoms with E-state index in [1.54, 1.807) is 42.5 Å². The Morgan fingerprint density at radius 1 is 1.15 bits per heavy atom. The van der Waals surface area contributed by atoms with Gasteiger partial charge in [-0.15, -0.1) is 5.10 Å². The summed E-state index contributed by atoms with van der Waals surface area (Å²) in [5, 5.41) is 4.53. The molecule has 7 nitrogen and oxygen atoms in total. The fraction of sp³-hybridized carbons (Fsp3) is 0.0556. The summed E-state index contributed by atoms with van der Waals surface area (Å²) in [6.45, 7) is 0. The van der Waals surface area contributed by atoms with Crippen molar-refractivity contribution in [1.82, 2.24) is 5.43 Å². The molecule has 0 spiro atoms. The maximum Gasteiger partial charge on any atom is 0.271 e. The lowest BCUT2D eigenvalue weighted by atomic mass is 10.1. The molecule has 0 saturated carbocycles. The Kier molecular flexibility index (Phi) is 5.04. The summed E-state index contributed by atoms with van der Waals surface area (Å²) in [6, 6.07) is 13.4. The number of carbonyl (C=O) groups is 2. The fourth-order valence-electron chi connectivity index (χ4n) is 2.26. The number of amides is 2. The highest BCUT2D eigenvalue weighted by Gasteiger charge is 2.11. The molecular weight excluding hydrogens is 402 g/mol. The lowest BCUT2D eigenvalue weighted by Gasteiger charge is -2.05. The second kappa shape index (κ2) is 7.40. The number of rotatable bonds is 4. The van der Waals surface area contributed by atoms with E-state index in [1.807, 2.05) is 0 Å². The highest BCUT2D eigenvalue weighted by molar-refractivity contribution is 9.10. The van der Waals surface area contributed by atoms with Gasteiger partial charge in [-0.2, -0.15) is 0 Å². The number of hydrogen-bond acceptors (Lipinski definition) is 5. The third kappa shape index (κ3) is 3.75. The zero-order chi connectivity index (χ0) is 18.7. The number of fused-ring (bicyclic) bond motifs is 1.